The molecular weight excluding hydrogens is 148 g/mol. The van der Waals surface area contributed by atoms with E-state index in [4.69, 9.17) is 0 Å². The minimum Gasteiger partial charge on any atom is -0.313 e. The highest BCUT2D eigenvalue weighted by atomic mass is 19.3. The van der Waals surface area contributed by atoms with Gasteiger partial charge >= 0.3 is 0 Å². The average molecular weight is 163 g/mol. The zero-order valence-electron chi connectivity index (χ0n) is 6.98. The van der Waals surface area contributed by atoms with E-state index in [0.29, 0.717) is 24.9 Å². The molecule has 0 amide bonds. The van der Waals surface area contributed by atoms with E-state index in [-0.39, 0.29) is 0 Å². The predicted molar refractivity (Wildman–Crippen MR) is 40.7 cm³/mol. The van der Waals surface area contributed by atoms with Crippen molar-refractivity contribution in [1.29, 1.82) is 0 Å². The van der Waals surface area contributed by atoms with E-state index in [1.807, 2.05) is 0 Å². The van der Waals surface area contributed by atoms with Gasteiger partial charge < -0.3 is 5.32 Å². The molecule has 0 aromatic heterocycles. The minimum atomic E-state index is -2.15. The summed E-state index contributed by atoms with van der Waals surface area (Å²) < 4.78 is 24.3. The van der Waals surface area contributed by atoms with Crippen molar-refractivity contribution in [3.63, 3.8) is 0 Å². The smallest absolute Gasteiger partial charge is 0.242 e. The number of halogens is 2. The van der Waals surface area contributed by atoms with Gasteiger partial charge in [-0.05, 0) is 12.3 Å². The summed E-state index contributed by atoms with van der Waals surface area (Å²) in [5.41, 5.74) is 0. The first-order valence-electron chi connectivity index (χ1n) is 4.12. The molecule has 1 aliphatic heterocycles. The molecule has 1 heterocycles. The van der Waals surface area contributed by atoms with E-state index in [0.717, 1.165) is 0 Å². The quantitative estimate of drug-likeness (QED) is 0.655. The van der Waals surface area contributed by atoms with Gasteiger partial charge in [-0.2, -0.15) is 0 Å². The molecule has 11 heavy (non-hydrogen) atoms. The van der Waals surface area contributed by atoms with Crippen molar-refractivity contribution in [1.82, 2.24) is 5.32 Å². The molecule has 0 aliphatic carbocycles. The number of nitrogens with one attached hydrogen (secondary N) is 1. The molecule has 0 aromatic rings. The van der Waals surface area contributed by atoms with Gasteiger partial charge in [0, 0.05) is 18.5 Å². The lowest BCUT2D eigenvalue weighted by Gasteiger charge is -2.13. The van der Waals surface area contributed by atoms with Gasteiger partial charge in [-0.1, -0.05) is 13.8 Å². The van der Waals surface area contributed by atoms with E-state index < -0.39 is 12.3 Å². The Morgan fingerprint density at radius 1 is 1.36 bits per heavy atom. The Hall–Kier alpha value is -0.180. The summed E-state index contributed by atoms with van der Waals surface area (Å²) in [6.45, 7) is 4.61. The molecule has 1 rings (SSSR count). The Labute approximate surface area is 66.2 Å². The zero-order valence-corrected chi connectivity index (χ0v) is 6.98. The van der Waals surface area contributed by atoms with E-state index in [2.05, 4.69) is 19.2 Å². The number of hydrogen-bond donors (Lipinski definition) is 1. The average Bonchev–Trinajstić information content (AvgIpc) is 2.33. The fourth-order valence-corrected chi connectivity index (χ4v) is 1.50. The highest BCUT2D eigenvalue weighted by molar-refractivity contribution is 4.84. The maximum Gasteiger partial charge on any atom is 0.242 e. The summed E-state index contributed by atoms with van der Waals surface area (Å²) in [6, 6.07) is 0.300. The zero-order chi connectivity index (χ0) is 8.43. The summed E-state index contributed by atoms with van der Waals surface area (Å²) in [5, 5.41) is 3.11. The van der Waals surface area contributed by atoms with Crippen LogP contribution in [0.5, 0.6) is 0 Å². The van der Waals surface area contributed by atoms with Crippen molar-refractivity contribution in [3.05, 3.63) is 0 Å². The topological polar surface area (TPSA) is 12.0 Å². The number of rotatable bonds is 2. The van der Waals surface area contributed by atoms with Gasteiger partial charge in [-0.25, -0.2) is 8.78 Å². The molecule has 1 fully saturated rings. The number of hydrogen-bond acceptors (Lipinski definition) is 1. The Morgan fingerprint density at radius 3 is 2.27 bits per heavy atom. The fourth-order valence-electron chi connectivity index (χ4n) is 1.50. The molecule has 0 spiro atoms. The second-order valence-electron chi connectivity index (χ2n) is 3.59. The fraction of sp³-hybridized carbons (Fsp3) is 1.00. The molecule has 1 nitrogen and oxygen atoms in total. The molecule has 1 saturated heterocycles. The molecule has 66 valence electrons. The molecular formula is C8H15F2N. The van der Waals surface area contributed by atoms with Crippen LogP contribution in [0.2, 0.25) is 0 Å². The molecule has 0 aromatic carbocycles. The van der Waals surface area contributed by atoms with Crippen molar-refractivity contribution in [2.24, 2.45) is 11.8 Å². The minimum absolute atomic E-state index is 0.300. The van der Waals surface area contributed by atoms with E-state index >= 15 is 0 Å². The van der Waals surface area contributed by atoms with Gasteiger partial charge in [-0.15, -0.1) is 0 Å². The molecule has 0 bridgehead atoms. The van der Waals surface area contributed by atoms with Crippen LogP contribution in [-0.4, -0.2) is 19.0 Å². The van der Waals surface area contributed by atoms with Gasteiger partial charge in [0.2, 0.25) is 6.43 Å². The van der Waals surface area contributed by atoms with Crippen LogP contribution in [0.3, 0.4) is 0 Å². The van der Waals surface area contributed by atoms with Crippen LogP contribution in [0.25, 0.3) is 0 Å². The Kier molecular flexibility index (Phi) is 2.82. The van der Waals surface area contributed by atoms with E-state index in [1.54, 1.807) is 0 Å². The molecule has 1 aliphatic rings. The Morgan fingerprint density at radius 2 is 2.00 bits per heavy atom. The molecule has 3 heteroatoms. The molecule has 0 radical (unpaired) electrons. The standard InChI is InChI=1S/C8H15F2N/c1-5(2)7-3-6(4-11-7)8(9)10/h5-8,11H,3-4H2,1-2H3/t6-,7-/m0/s1. The second-order valence-corrected chi connectivity index (χ2v) is 3.59. The second kappa shape index (κ2) is 3.48. The van der Waals surface area contributed by atoms with Crippen LogP contribution >= 0.6 is 0 Å². The van der Waals surface area contributed by atoms with Crippen LogP contribution in [0.15, 0.2) is 0 Å². The van der Waals surface area contributed by atoms with Gasteiger partial charge in [0.05, 0.1) is 0 Å². The maximum absolute atomic E-state index is 12.1. The third-order valence-electron chi connectivity index (χ3n) is 2.36. The predicted octanol–water partition coefficient (Wildman–Crippen LogP) is 1.89. The Bertz CT molecular complexity index is 111. The van der Waals surface area contributed by atoms with E-state index in [9.17, 15) is 8.78 Å². The van der Waals surface area contributed by atoms with Crippen molar-refractivity contribution < 1.29 is 8.78 Å². The number of alkyl halides is 2. The normalized spacial score (nSPS) is 32.2. The van der Waals surface area contributed by atoms with Crippen molar-refractivity contribution in [3.8, 4) is 0 Å². The monoisotopic (exact) mass is 163 g/mol. The van der Waals surface area contributed by atoms with Gasteiger partial charge in [0.25, 0.3) is 0 Å². The first-order chi connectivity index (χ1) is 5.11. The summed E-state index contributed by atoms with van der Waals surface area (Å²) in [5.74, 6) is 0.0566. The summed E-state index contributed by atoms with van der Waals surface area (Å²) >= 11 is 0. The highest BCUT2D eigenvalue weighted by Crippen LogP contribution is 2.24. The lowest BCUT2D eigenvalue weighted by atomic mass is 9.98. The van der Waals surface area contributed by atoms with Crippen LogP contribution in [0.4, 0.5) is 8.78 Å². The first kappa shape index (κ1) is 8.91. The lowest BCUT2D eigenvalue weighted by molar-refractivity contribution is 0.0851. The maximum atomic E-state index is 12.1. The Balaban J connectivity index is 2.35. The first-order valence-corrected chi connectivity index (χ1v) is 4.12. The van der Waals surface area contributed by atoms with Crippen LogP contribution < -0.4 is 5.32 Å². The third kappa shape index (κ3) is 2.12. The van der Waals surface area contributed by atoms with Crippen molar-refractivity contribution >= 4 is 0 Å². The van der Waals surface area contributed by atoms with Gasteiger partial charge in [-0.3, -0.25) is 0 Å². The van der Waals surface area contributed by atoms with Crippen LogP contribution in [-0.2, 0) is 0 Å². The van der Waals surface area contributed by atoms with Gasteiger partial charge in [0.1, 0.15) is 0 Å². The largest absolute Gasteiger partial charge is 0.313 e. The SMILES string of the molecule is CC(C)[C@@H]1C[C@H](C(F)F)CN1. The van der Waals surface area contributed by atoms with Crippen LogP contribution in [0, 0.1) is 11.8 Å². The third-order valence-corrected chi connectivity index (χ3v) is 2.36. The summed E-state index contributed by atoms with van der Waals surface area (Å²) in [4.78, 5) is 0. The lowest BCUT2D eigenvalue weighted by Crippen LogP contribution is -2.26. The van der Waals surface area contributed by atoms with Crippen molar-refractivity contribution in [2.75, 3.05) is 6.54 Å². The summed E-state index contributed by atoms with van der Waals surface area (Å²) in [7, 11) is 0. The highest BCUT2D eigenvalue weighted by Gasteiger charge is 2.31. The van der Waals surface area contributed by atoms with Gasteiger partial charge in [0.15, 0.2) is 0 Å². The molecule has 0 unspecified atom stereocenters. The van der Waals surface area contributed by atoms with E-state index in [1.165, 1.54) is 0 Å². The molecule has 0 saturated carbocycles. The summed E-state index contributed by atoms with van der Waals surface area (Å²) in [6.07, 6.45) is -1.51. The molecule has 2 atom stereocenters. The van der Waals surface area contributed by atoms with Crippen LogP contribution in [0.1, 0.15) is 20.3 Å². The van der Waals surface area contributed by atoms with Crippen molar-refractivity contribution in [2.45, 2.75) is 32.7 Å². The molecule has 1 N–H and O–H groups in total.